The molecule has 0 saturated carbocycles. The highest BCUT2D eigenvalue weighted by Gasteiger charge is 2.07. The lowest BCUT2D eigenvalue weighted by molar-refractivity contribution is 0.475. The van der Waals surface area contributed by atoms with Crippen molar-refractivity contribution in [1.29, 1.82) is 5.26 Å². The second-order valence-corrected chi connectivity index (χ2v) is 6.96. The Morgan fingerprint density at radius 1 is 0.867 bits per heavy atom. The lowest BCUT2D eigenvalue weighted by atomic mass is 10.0. The number of hydrogen-bond donors (Lipinski definition) is 1. The van der Waals surface area contributed by atoms with E-state index in [1.807, 2.05) is 48.7 Å². The summed E-state index contributed by atoms with van der Waals surface area (Å²) in [5.74, 6) is 1.16. The van der Waals surface area contributed by atoms with Gasteiger partial charge in [0.05, 0.1) is 17.3 Å². The van der Waals surface area contributed by atoms with Crippen LogP contribution >= 0.6 is 0 Å². The van der Waals surface area contributed by atoms with Gasteiger partial charge >= 0.3 is 0 Å². The predicted molar refractivity (Wildman–Crippen MR) is 121 cm³/mol. The Balaban J connectivity index is 1.55. The molecule has 0 aliphatic rings. The molecule has 30 heavy (non-hydrogen) atoms. The number of aromatic hydroxyl groups is 1. The number of imidazole rings is 1. The van der Waals surface area contributed by atoms with Crippen LogP contribution in [0.3, 0.4) is 0 Å². The first kappa shape index (κ1) is 19.2. The maximum atomic E-state index is 9.44. The van der Waals surface area contributed by atoms with Crippen LogP contribution in [0.4, 0.5) is 0 Å². The van der Waals surface area contributed by atoms with Gasteiger partial charge in [0.25, 0.3) is 0 Å². The molecule has 1 aromatic heterocycles. The van der Waals surface area contributed by atoms with Crippen molar-refractivity contribution in [3.63, 3.8) is 0 Å². The van der Waals surface area contributed by atoms with E-state index in [1.165, 1.54) is 0 Å². The minimum Gasteiger partial charge on any atom is -0.508 e. The highest BCUT2D eigenvalue weighted by molar-refractivity contribution is 5.72. The van der Waals surface area contributed by atoms with E-state index in [0.29, 0.717) is 5.56 Å². The third-order valence-corrected chi connectivity index (χ3v) is 4.99. The van der Waals surface area contributed by atoms with Gasteiger partial charge in [-0.25, -0.2) is 4.98 Å². The summed E-state index contributed by atoms with van der Waals surface area (Å²) in [6.07, 6.45) is 6.11. The summed E-state index contributed by atoms with van der Waals surface area (Å²) >= 11 is 0. The van der Waals surface area contributed by atoms with Crippen molar-refractivity contribution >= 4 is 12.2 Å². The number of hydrogen-bond acceptors (Lipinski definition) is 3. The normalized spacial score (nSPS) is 10.9. The molecule has 0 saturated heterocycles. The van der Waals surface area contributed by atoms with Crippen molar-refractivity contribution in [3.05, 3.63) is 95.9 Å². The highest BCUT2D eigenvalue weighted by Crippen LogP contribution is 2.23. The zero-order valence-corrected chi connectivity index (χ0v) is 16.7. The molecule has 0 fully saturated rings. The van der Waals surface area contributed by atoms with E-state index in [-0.39, 0.29) is 5.75 Å². The maximum Gasteiger partial charge on any atom is 0.133 e. The smallest absolute Gasteiger partial charge is 0.133 e. The molecular formula is C26H21N3O. The fourth-order valence-corrected chi connectivity index (χ4v) is 3.28. The largest absolute Gasteiger partial charge is 0.508 e. The van der Waals surface area contributed by atoms with Crippen molar-refractivity contribution in [2.45, 2.75) is 13.5 Å². The molecule has 1 N–H and O–H groups in total. The van der Waals surface area contributed by atoms with Crippen molar-refractivity contribution in [1.82, 2.24) is 9.55 Å². The molecule has 4 heteroatoms. The Bertz CT molecular complexity index is 1210. The molecule has 146 valence electrons. The molecule has 3 aromatic carbocycles. The van der Waals surface area contributed by atoms with Gasteiger partial charge in [-0.1, -0.05) is 54.6 Å². The molecule has 1 heterocycles. The summed E-state index contributed by atoms with van der Waals surface area (Å²) in [5, 5.41) is 18.4. The topological polar surface area (TPSA) is 61.8 Å². The van der Waals surface area contributed by atoms with Gasteiger partial charge in [0.15, 0.2) is 0 Å². The van der Waals surface area contributed by atoms with E-state index in [2.05, 4.69) is 47.9 Å². The molecule has 0 radical (unpaired) electrons. The van der Waals surface area contributed by atoms with Gasteiger partial charge in [-0.2, -0.15) is 5.26 Å². The zero-order chi connectivity index (χ0) is 20.9. The average molecular weight is 391 g/mol. The van der Waals surface area contributed by atoms with Crippen LogP contribution in [0.25, 0.3) is 34.5 Å². The fourth-order valence-electron chi connectivity index (χ4n) is 3.28. The second kappa shape index (κ2) is 8.50. The van der Waals surface area contributed by atoms with Crippen LogP contribution in [0.5, 0.6) is 5.75 Å². The number of aryl methyl sites for hydroxylation is 1. The van der Waals surface area contributed by atoms with Gasteiger partial charge < -0.3 is 9.67 Å². The van der Waals surface area contributed by atoms with Crippen LogP contribution in [-0.4, -0.2) is 14.7 Å². The van der Waals surface area contributed by atoms with E-state index in [0.717, 1.165) is 40.3 Å². The van der Waals surface area contributed by atoms with E-state index in [4.69, 9.17) is 10.2 Å². The molecule has 4 nitrogen and oxygen atoms in total. The van der Waals surface area contributed by atoms with Crippen molar-refractivity contribution in [2.75, 3.05) is 0 Å². The zero-order valence-electron chi connectivity index (χ0n) is 16.7. The second-order valence-electron chi connectivity index (χ2n) is 6.96. The van der Waals surface area contributed by atoms with Crippen LogP contribution in [0.2, 0.25) is 0 Å². The molecule has 4 rings (SSSR count). The van der Waals surface area contributed by atoms with Crippen LogP contribution in [-0.2, 0) is 6.54 Å². The summed E-state index contributed by atoms with van der Waals surface area (Å²) in [6, 6.07) is 25.1. The lowest BCUT2D eigenvalue weighted by Crippen LogP contribution is -1.94. The van der Waals surface area contributed by atoms with Crippen LogP contribution in [0, 0.1) is 11.3 Å². The molecular weight excluding hydrogens is 370 g/mol. The Labute approximate surface area is 176 Å². The van der Waals surface area contributed by atoms with Crippen LogP contribution in [0.15, 0.2) is 79.0 Å². The van der Waals surface area contributed by atoms with Gasteiger partial charge in [0.1, 0.15) is 11.6 Å². The molecule has 0 atom stereocenters. The van der Waals surface area contributed by atoms with Crippen LogP contribution in [0.1, 0.15) is 23.9 Å². The number of rotatable bonds is 5. The molecule has 0 aliphatic carbocycles. The minimum atomic E-state index is 0.269. The summed E-state index contributed by atoms with van der Waals surface area (Å²) < 4.78 is 2.11. The maximum absolute atomic E-state index is 9.44. The molecule has 0 spiro atoms. The predicted octanol–water partition coefficient (Wildman–Crippen LogP) is 5.98. The van der Waals surface area contributed by atoms with Gasteiger partial charge in [-0.15, -0.1) is 0 Å². The Morgan fingerprint density at radius 3 is 2.07 bits per heavy atom. The number of phenols is 1. The number of nitriles is 1. The summed E-state index contributed by atoms with van der Waals surface area (Å²) in [4.78, 5) is 4.76. The first-order valence-corrected chi connectivity index (χ1v) is 9.81. The molecule has 0 aliphatic heterocycles. The quantitative estimate of drug-likeness (QED) is 0.455. The Hall–Kier alpha value is -4.10. The molecule has 0 amide bonds. The first-order valence-electron chi connectivity index (χ1n) is 9.81. The fraction of sp³-hybridized carbons (Fsp3) is 0.0769. The highest BCUT2D eigenvalue weighted by atomic mass is 16.3. The number of nitrogens with zero attached hydrogens (tertiary/aromatic N) is 3. The van der Waals surface area contributed by atoms with Crippen LogP contribution < -0.4 is 0 Å². The third kappa shape index (κ3) is 4.16. The number of aromatic nitrogens is 2. The van der Waals surface area contributed by atoms with E-state index in [9.17, 15) is 5.11 Å². The van der Waals surface area contributed by atoms with Crippen molar-refractivity contribution in [3.8, 4) is 34.2 Å². The monoisotopic (exact) mass is 391 g/mol. The lowest BCUT2D eigenvalue weighted by Gasteiger charge is -2.03. The van der Waals surface area contributed by atoms with Gasteiger partial charge in [-0.3, -0.25) is 0 Å². The molecule has 0 bridgehead atoms. The first-order chi connectivity index (χ1) is 14.7. The van der Waals surface area contributed by atoms with Gasteiger partial charge in [0.2, 0.25) is 0 Å². The Kier molecular flexibility index (Phi) is 5.45. The molecule has 4 aromatic rings. The number of benzene rings is 3. The average Bonchev–Trinajstić information content (AvgIpc) is 3.22. The van der Waals surface area contributed by atoms with Gasteiger partial charge in [0, 0.05) is 18.3 Å². The Morgan fingerprint density at radius 2 is 1.47 bits per heavy atom. The van der Waals surface area contributed by atoms with Gasteiger partial charge in [-0.05, 0) is 54.0 Å². The summed E-state index contributed by atoms with van der Waals surface area (Å²) in [5.41, 5.74) is 5.78. The summed E-state index contributed by atoms with van der Waals surface area (Å²) in [6.45, 7) is 2.91. The minimum absolute atomic E-state index is 0.269. The SMILES string of the molecule is CCn1cc(-c2ccc(C#N)cc2)nc1/C=C/c1ccc(-c2ccc(O)cc2)cc1. The number of phenolic OH excluding ortho intramolecular Hbond substituents is 1. The summed E-state index contributed by atoms with van der Waals surface area (Å²) in [7, 11) is 0. The molecule has 0 unspecified atom stereocenters. The standard InChI is InChI=1S/C26H21N3O/c1-2-29-18-25(23-10-5-20(17-27)6-11-23)28-26(29)16-7-19-3-8-21(9-4-19)22-12-14-24(30)15-13-22/h3-16,18,30H,2H2,1H3/b16-7+. The van der Waals surface area contributed by atoms with E-state index in [1.54, 1.807) is 12.1 Å². The van der Waals surface area contributed by atoms with E-state index >= 15 is 0 Å². The van der Waals surface area contributed by atoms with E-state index < -0.39 is 0 Å². The van der Waals surface area contributed by atoms with Crippen molar-refractivity contribution in [2.24, 2.45) is 0 Å². The van der Waals surface area contributed by atoms with Crippen molar-refractivity contribution < 1.29 is 5.11 Å². The third-order valence-electron chi connectivity index (χ3n) is 4.99.